The number of hydrogen-bond acceptors (Lipinski definition) is 4. The van der Waals surface area contributed by atoms with Crippen molar-refractivity contribution in [2.45, 2.75) is 11.7 Å². The lowest BCUT2D eigenvalue weighted by Crippen LogP contribution is -2.10. The SMILES string of the molecule is COC(=O)CSC(CC(=O)c1ccc2ccccc2c1)c1ccccc1. The summed E-state index contributed by atoms with van der Waals surface area (Å²) < 4.78 is 4.73. The summed E-state index contributed by atoms with van der Waals surface area (Å²) in [5, 5.41) is 2.08. The molecule has 0 bridgehead atoms. The number of carbonyl (C=O) groups is 2. The van der Waals surface area contributed by atoms with Crippen molar-refractivity contribution in [1.82, 2.24) is 0 Å². The standard InChI is InChI=1S/C22H20O3S/c1-25-22(24)15-26-21(17-8-3-2-4-9-17)14-20(23)19-12-11-16-7-5-6-10-18(16)13-19/h2-13,21H,14-15H2,1H3. The zero-order valence-electron chi connectivity index (χ0n) is 14.6. The molecule has 0 saturated carbocycles. The summed E-state index contributed by atoms with van der Waals surface area (Å²) in [5.41, 5.74) is 1.74. The van der Waals surface area contributed by atoms with Crippen molar-refractivity contribution >= 4 is 34.3 Å². The molecule has 26 heavy (non-hydrogen) atoms. The maximum absolute atomic E-state index is 12.9. The van der Waals surface area contributed by atoms with Crippen LogP contribution in [0.5, 0.6) is 0 Å². The molecule has 0 saturated heterocycles. The summed E-state index contributed by atoms with van der Waals surface area (Å²) in [6.07, 6.45) is 0.337. The fourth-order valence-corrected chi connectivity index (χ4v) is 3.89. The Labute approximate surface area is 157 Å². The number of ether oxygens (including phenoxy) is 1. The molecule has 0 fully saturated rings. The zero-order valence-corrected chi connectivity index (χ0v) is 15.4. The van der Waals surface area contributed by atoms with Gasteiger partial charge in [0.2, 0.25) is 0 Å². The highest BCUT2D eigenvalue weighted by atomic mass is 32.2. The monoisotopic (exact) mass is 364 g/mol. The molecule has 0 heterocycles. The molecular weight excluding hydrogens is 344 g/mol. The van der Waals surface area contributed by atoms with E-state index in [2.05, 4.69) is 0 Å². The molecular formula is C22H20O3S. The first-order chi connectivity index (χ1) is 12.7. The highest BCUT2D eigenvalue weighted by molar-refractivity contribution is 8.00. The van der Waals surface area contributed by atoms with E-state index in [0.29, 0.717) is 12.0 Å². The summed E-state index contributed by atoms with van der Waals surface area (Å²) in [4.78, 5) is 24.4. The van der Waals surface area contributed by atoms with Crippen LogP contribution in [0.3, 0.4) is 0 Å². The molecule has 1 unspecified atom stereocenters. The highest BCUT2D eigenvalue weighted by Gasteiger charge is 2.19. The molecule has 0 N–H and O–H groups in total. The number of carbonyl (C=O) groups excluding carboxylic acids is 2. The van der Waals surface area contributed by atoms with Gasteiger partial charge >= 0.3 is 5.97 Å². The van der Waals surface area contributed by atoms with Gasteiger partial charge in [0.05, 0.1) is 12.9 Å². The largest absolute Gasteiger partial charge is 0.468 e. The Morgan fingerprint density at radius 1 is 0.923 bits per heavy atom. The first kappa shape index (κ1) is 18.2. The number of rotatable bonds is 7. The van der Waals surface area contributed by atoms with Crippen molar-refractivity contribution in [2.24, 2.45) is 0 Å². The van der Waals surface area contributed by atoms with Crippen LogP contribution in [0.4, 0.5) is 0 Å². The summed E-state index contributed by atoms with van der Waals surface area (Å²) in [6.45, 7) is 0. The molecule has 0 aliphatic rings. The second-order valence-corrected chi connectivity index (χ2v) is 7.17. The number of benzene rings is 3. The quantitative estimate of drug-likeness (QED) is 0.434. The number of fused-ring (bicyclic) bond motifs is 1. The van der Waals surface area contributed by atoms with Crippen molar-refractivity contribution in [3.8, 4) is 0 Å². The molecule has 3 aromatic rings. The van der Waals surface area contributed by atoms with E-state index < -0.39 is 0 Å². The van der Waals surface area contributed by atoms with E-state index in [-0.39, 0.29) is 22.8 Å². The van der Waals surface area contributed by atoms with Crippen LogP contribution < -0.4 is 0 Å². The van der Waals surface area contributed by atoms with Crippen LogP contribution in [-0.2, 0) is 9.53 Å². The minimum Gasteiger partial charge on any atom is -0.468 e. The third-order valence-electron chi connectivity index (χ3n) is 4.24. The van der Waals surface area contributed by atoms with Crippen LogP contribution in [0.2, 0.25) is 0 Å². The lowest BCUT2D eigenvalue weighted by molar-refractivity contribution is -0.137. The number of Topliss-reactive ketones (excluding diaryl/α,β-unsaturated/α-hetero) is 1. The molecule has 0 radical (unpaired) electrons. The van der Waals surface area contributed by atoms with E-state index >= 15 is 0 Å². The van der Waals surface area contributed by atoms with Gasteiger partial charge in [0.1, 0.15) is 0 Å². The van der Waals surface area contributed by atoms with Crippen molar-refractivity contribution in [3.63, 3.8) is 0 Å². The van der Waals surface area contributed by atoms with Gasteiger partial charge < -0.3 is 4.74 Å². The zero-order chi connectivity index (χ0) is 18.4. The van der Waals surface area contributed by atoms with Gasteiger partial charge in [-0.2, -0.15) is 0 Å². The van der Waals surface area contributed by atoms with Crippen LogP contribution in [0.15, 0.2) is 72.8 Å². The Balaban J connectivity index is 1.80. The predicted octanol–water partition coefficient (Wildman–Crippen LogP) is 5.06. The third kappa shape index (κ3) is 4.52. The van der Waals surface area contributed by atoms with Gasteiger partial charge in [0, 0.05) is 17.2 Å². The second-order valence-electron chi connectivity index (χ2n) is 5.98. The van der Waals surface area contributed by atoms with E-state index in [4.69, 9.17) is 4.74 Å². The number of thioether (sulfide) groups is 1. The topological polar surface area (TPSA) is 43.4 Å². The lowest BCUT2D eigenvalue weighted by atomic mass is 10.00. The summed E-state index contributed by atoms with van der Waals surface area (Å²) in [7, 11) is 1.38. The average Bonchev–Trinajstić information content (AvgIpc) is 2.70. The fraction of sp³-hybridized carbons (Fsp3) is 0.182. The number of methoxy groups -OCH3 is 1. The van der Waals surface area contributed by atoms with E-state index in [9.17, 15) is 9.59 Å². The van der Waals surface area contributed by atoms with Crippen LogP contribution >= 0.6 is 11.8 Å². The third-order valence-corrected chi connectivity index (χ3v) is 5.49. The average molecular weight is 364 g/mol. The minimum absolute atomic E-state index is 0.0713. The minimum atomic E-state index is -0.283. The molecule has 132 valence electrons. The van der Waals surface area contributed by atoms with Crippen molar-refractivity contribution in [3.05, 3.63) is 83.9 Å². The lowest BCUT2D eigenvalue weighted by Gasteiger charge is -2.16. The summed E-state index contributed by atoms with van der Waals surface area (Å²) in [5.74, 6) is 0.0113. The Morgan fingerprint density at radius 2 is 1.62 bits per heavy atom. The number of ketones is 1. The first-order valence-electron chi connectivity index (χ1n) is 8.43. The van der Waals surface area contributed by atoms with Gasteiger partial charge in [-0.05, 0) is 22.4 Å². The van der Waals surface area contributed by atoms with E-state index in [1.54, 1.807) is 0 Å². The maximum Gasteiger partial charge on any atom is 0.315 e. The van der Waals surface area contributed by atoms with E-state index in [1.165, 1.54) is 18.9 Å². The Kier molecular flexibility index (Phi) is 6.08. The Bertz CT molecular complexity index is 905. The van der Waals surface area contributed by atoms with Gasteiger partial charge in [-0.1, -0.05) is 66.7 Å². The summed E-state index contributed by atoms with van der Waals surface area (Å²) in [6, 6.07) is 23.6. The summed E-state index contributed by atoms with van der Waals surface area (Å²) >= 11 is 1.44. The smallest absolute Gasteiger partial charge is 0.315 e. The van der Waals surface area contributed by atoms with Gasteiger partial charge in [-0.3, -0.25) is 9.59 Å². The maximum atomic E-state index is 12.9. The van der Waals surface area contributed by atoms with E-state index in [0.717, 1.165) is 16.3 Å². The van der Waals surface area contributed by atoms with Gasteiger partial charge in [0.25, 0.3) is 0 Å². The van der Waals surface area contributed by atoms with Gasteiger partial charge in [-0.25, -0.2) is 0 Å². The molecule has 0 amide bonds. The Hall–Kier alpha value is -2.59. The van der Waals surface area contributed by atoms with Gasteiger partial charge in [-0.15, -0.1) is 11.8 Å². The molecule has 3 aromatic carbocycles. The van der Waals surface area contributed by atoms with E-state index in [1.807, 2.05) is 72.8 Å². The van der Waals surface area contributed by atoms with Crippen LogP contribution in [0, 0.1) is 0 Å². The molecule has 0 aromatic heterocycles. The molecule has 0 spiro atoms. The fourth-order valence-electron chi connectivity index (χ4n) is 2.82. The second kappa shape index (κ2) is 8.68. The highest BCUT2D eigenvalue weighted by Crippen LogP contribution is 2.33. The molecule has 3 rings (SSSR count). The van der Waals surface area contributed by atoms with Crippen molar-refractivity contribution in [2.75, 3.05) is 12.9 Å². The molecule has 0 aliphatic carbocycles. The number of esters is 1. The van der Waals surface area contributed by atoms with Crippen LogP contribution in [0.25, 0.3) is 10.8 Å². The first-order valence-corrected chi connectivity index (χ1v) is 9.47. The molecule has 3 nitrogen and oxygen atoms in total. The normalized spacial score (nSPS) is 11.9. The predicted molar refractivity (Wildman–Crippen MR) is 107 cm³/mol. The Morgan fingerprint density at radius 3 is 2.35 bits per heavy atom. The van der Waals surface area contributed by atoms with Gasteiger partial charge in [0.15, 0.2) is 5.78 Å². The molecule has 4 heteroatoms. The van der Waals surface area contributed by atoms with Crippen molar-refractivity contribution < 1.29 is 14.3 Å². The molecule has 0 aliphatic heterocycles. The molecule has 1 atom stereocenters. The van der Waals surface area contributed by atoms with Crippen LogP contribution in [0.1, 0.15) is 27.6 Å². The number of hydrogen-bond donors (Lipinski definition) is 0. The van der Waals surface area contributed by atoms with Crippen molar-refractivity contribution in [1.29, 1.82) is 0 Å². The van der Waals surface area contributed by atoms with Crippen LogP contribution in [-0.4, -0.2) is 24.6 Å².